The van der Waals surface area contributed by atoms with E-state index >= 15 is 0 Å². The molecule has 0 fully saturated rings. The number of nitrogens with one attached hydrogen (secondary N) is 2. The minimum Gasteiger partial charge on any atom is -0.312 e. The number of nitrogens with zero attached hydrogens (tertiary/aromatic N) is 1. The fourth-order valence-electron chi connectivity index (χ4n) is 3.01. The van der Waals surface area contributed by atoms with E-state index in [1.807, 2.05) is 73.7 Å². The molecule has 0 aliphatic rings. The highest BCUT2D eigenvalue weighted by atomic mass is 32.1. The molecule has 0 unspecified atom stereocenters. The second-order valence-electron chi connectivity index (χ2n) is 6.65. The Morgan fingerprint density at radius 2 is 1.40 bits per heavy atom. The molecule has 2 N–H and O–H groups in total. The van der Waals surface area contributed by atoms with E-state index in [0.717, 1.165) is 11.1 Å². The number of aryl methyl sites for hydroxylation is 1. The molecular weight excluding hydrogens is 394 g/mol. The van der Waals surface area contributed by atoms with Crippen molar-refractivity contribution in [3.05, 3.63) is 102 Å². The third kappa shape index (κ3) is 4.29. The summed E-state index contributed by atoms with van der Waals surface area (Å²) in [5.41, 5.74) is 3.49. The lowest BCUT2D eigenvalue weighted by Gasteiger charge is -2.05. The van der Waals surface area contributed by atoms with Gasteiger partial charge in [0.1, 0.15) is 10.7 Å². The van der Waals surface area contributed by atoms with Gasteiger partial charge >= 0.3 is 0 Å². The van der Waals surface area contributed by atoms with Crippen LogP contribution in [0.3, 0.4) is 0 Å². The van der Waals surface area contributed by atoms with Gasteiger partial charge in [-0.15, -0.1) is 0 Å². The average molecular weight is 414 g/mol. The van der Waals surface area contributed by atoms with Crippen molar-refractivity contribution in [1.82, 2.24) is 4.98 Å². The quantitative estimate of drug-likeness (QED) is 0.446. The van der Waals surface area contributed by atoms with Crippen LogP contribution in [0.25, 0.3) is 11.3 Å². The Balaban J connectivity index is 1.65. The summed E-state index contributed by atoms with van der Waals surface area (Å²) < 4.78 is 0. The van der Waals surface area contributed by atoms with Crippen LogP contribution in [0.4, 0.5) is 10.1 Å². The van der Waals surface area contributed by atoms with Crippen molar-refractivity contribution in [3.8, 4) is 11.3 Å². The van der Waals surface area contributed by atoms with E-state index in [2.05, 4.69) is 15.6 Å². The maximum absolute atomic E-state index is 12.7. The molecule has 0 saturated heterocycles. The van der Waals surface area contributed by atoms with Crippen LogP contribution < -0.4 is 10.6 Å². The van der Waals surface area contributed by atoms with Crippen LogP contribution >= 0.6 is 11.3 Å². The molecule has 1 heterocycles. The van der Waals surface area contributed by atoms with Gasteiger partial charge in [-0.2, -0.15) is 0 Å². The molecule has 0 aliphatic heterocycles. The summed E-state index contributed by atoms with van der Waals surface area (Å²) in [6.45, 7) is 1.89. The van der Waals surface area contributed by atoms with Gasteiger partial charge in [-0.25, -0.2) is 4.98 Å². The molecule has 0 aliphatic carbocycles. The molecule has 1 aromatic heterocycles. The lowest BCUT2D eigenvalue weighted by Crippen LogP contribution is -2.13. The summed E-state index contributed by atoms with van der Waals surface area (Å²) >= 11 is 1.23. The number of hydrogen-bond donors (Lipinski definition) is 2. The summed E-state index contributed by atoms with van der Waals surface area (Å²) in [7, 11) is 0. The average Bonchev–Trinajstić information content (AvgIpc) is 3.17. The lowest BCUT2D eigenvalue weighted by molar-refractivity contribution is 0.101. The Labute approximate surface area is 178 Å². The highest BCUT2D eigenvalue weighted by Gasteiger charge is 2.18. The first kappa shape index (κ1) is 19.5. The zero-order valence-electron chi connectivity index (χ0n) is 16.3. The van der Waals surface area contributed by atoms with Crippen LogP contribution in [0, 0.1) is 6.92 Å². The molecule has 0 saturated carbocycles. The third-order valence-corrected chi connectivity index (χ3v) is 5.43. The van der Waals surface area contributed by atoms with Gasteiger partial charge in [0.2, 0.25) is 0 Å². The van der Waals surface area contributed by atoms with Crippen LogP contribution in [0.1, 0.15) is 26.3 Å². The fourth-order valence-corrected chi connectivity index (χ4v) is 3.88. The van der Waals surface area contributed by atoms with Crippen molar-refractivity contribution in [2.24, 2.45) is 0 Å². The largest absolute Gasteiger partial charge is 0.312 e. The Morgan fingerprint density at radius 3 is 2.10 bits per heavy atom. The summed E-state index contributed by atoms with van der Waals surface area (Å²) in [5.74, 6) is -0.462. The fraction of sp³-hybridized carbons (Fsp3) is 0.0417. The lowest BCUT2D eigenvalue weighted by atomic mass is 10.1. The van der Waals surface area contributed by atoms with Crippen molar-refractivity contribution < 1.29 is 9.59 Å². The van der Waals surface area contributed by atoms with E-state index in [1.165, 1.54) is 11.3 Å². The Kier molecular flexibility index (Phi) is 5.68. The standard InChI is InChI=1S/C24H19N3O2S/c1-16-10-8-9-15-19(16)22(29)27-24-25-20(17-11-4-2-5-12-17)23(30-24)26-21(28)18-13-6-3-7-14-18/h2-15H,1H3,(H,26,28)(H,25,27,29). The summed E-state index contributed by atoms with van der Waals surface area (Å²) in [5, 5.41) is 6.80. The van der Waals surface area contributed by atoms with Gasteiger partial charge in [-0.1, -0.05) is 78.1 Å². The van der Waals surface area contributed by atoms with Crippen LogP contribution in [0.15, 0.2) is 84.9 Å². The molecule has 5 nitrogen and oxygen atoms in total. The number of amides is 2. The minimum absolute atomic E-state index is 0.229. The van der Waals surface area contributed by atoms with Crippen molar-refractivity contribution in [3.63, 3.8) is 0 Å². The molecule has 0 atom stereocenters. The minimum atomic E-state index is -0.234. The molecule has 3 aromatic carbocycles. The molecule has 0 spiro atoms. The van der Waals surface area contributed by atoms with E-state index in [4.69, 9.17) is 0 Å². The topological polar surface area (TPSA) is 71.1 Å². The number of thiazole rings is 1. The molecule has 4 aromatic rings. The van der Waals surface area contributed by atoms with Crippen molar-refractivity contribution in [2.45, 2.75) is 6.92 Å². The normalized spacial score (nSPS) is 10.4. The summed E-state index contributed by atoms with van der Waals surface area (Å²) in [6.07, 6.45) is 0. The second-order valence-corrected chi connectivity index (χ2v) is 7.65. The third-order valence-electron chi connectivity index (χ3n) is 4.55. The molecule has 0 bridgehead atoms. The van der Waals surface area contributed by atoms with Gasteiger partial charge in [-0.05, 0) is 30.7 Å². The van der Waals surface area contributed by atoms with E-state index in [0.29, 0.717) is 27.0 Å². The zero-order chi connectivity index (χ0) is 20.9. The predicted octanol–water partition coefficient (Wildman–Crippen LogP) is 5.62. The van der Waals surface area contributed by atoms with Crippen LogP contribution in [-0.4, -0.2) is 16.8 Å². The highest BCUT2D eigenvalue weighted by molar-refractivity contribution is 7.20. The number of carbonyl (C=O) groups is 2. The first-order valence-corrected chi connectivity index (χ1v) is 10.2. The number of benzene rings is 3. The first-order chi connectivity index (χ1) is 14.6. The van der Waals surface area contributed by atoms with Gasteiger partial charge in [0.15, 0.2) is 5.13 Å². The van der Waals surface area contributed by atoms with E-state index in [-0.39, 0.29) is 11.8 Å². The Hall–Kier alpha value is -3.77. The van der Waals surface area contributed by atoms with Gasteiger partial charge < -0.3 is 5.32 Å². The molecule has 148 valence electrons. The van der Waals surface area contributed by atoms with E-state index < -0.39 is 0 Å². The van der Waals surface area contributed by atoms with E-state index in [9.17, 15) is 9.59 Å². The van der Waals surface area contributed by atoms with Gasteiger partial charge in [0.05, 0.1) is 0 Å². The molecule has 30 heavy (non-hydrogen) atoms. The SMILES string of the molecule is Cc1ccccc1C(=O)Nc1nc(-c2ccccc2)c(NC(=O)c2ccccc2)s1. The van der Waals surface area contributed by atoms with Gasteiger partial charge in [-0.3, -0.25) is 14.9 Å². The summed E-state index contributed by atoms with van der Waals surface area (Å²) in [6, 6.07) is 25.9. The van der Waals surface area contributed by atoms with Gasteiger partial charge in [0, 0.05) is 16.7 Å². The van der Waals surface area contributed by atoms with Crippen LogP contribution in [-0.2, 0) is 0 Å². The molecular formula is C24H19N3O2S. The highest BCUT2D eigenvalue weighted by Crippen LogP contribution is 2.36. The monoisotopic (exact) mass is 413 g/mol. The molecule has 4 rings (SSSR count). The van der Waals surface area contributed by atoms with Crippen LogP contribution in [0.5, 0.6) is 0 Å². The first-order valence-electron chi connectivity index (χ1n) is 9.41. The summed E-state index contributed by atoms with van der Waals surface area (Å²) in [4.78, 5) is 30.0. The van der Waals surface area contributed by atoms with Crippen molar-refractivity contribution in [1.29, 1.82) is 0 Å². The molecule has 2 amide bonds. The van der Waals surface area contributed by atoms with E-state index in [1.54, 1.807) is 18.2 Å². The number of anilines is 2. The second kappa shape index (κ2) is 8.71. The number of aromatic nitrogens is 1. The Morgan fingerprint density at radius 1 is 0.767 bits per heavy atom. The molecule has 6 heteroatoms. The van der Waals surface area contributed by atoms with Gasteiger partial charge in [0.25, 0.3) is 11.8 Å². The zero-order valence-corrected chi connectivity index (χ0v) is 17.1. The van der Waals surface area contributed by atoms with Crippen molar-refractivity contribution in [2.75, 3.05) is 10.6 Å². The smallest absolute Gasteiger partial charge is 0.257 e. The predicted molar refractivity (Wildman–Crippen MR) is 121 cm³/mol. The maximum Gasteiger partial charge on any atom is 0.257 e. The van der Waals surface area contributed by atoms with Crippen molar-refractivity contribution >= 4 is 33.3 Å². The Bertz CT molecular complexity index is 1190. The maximum atomic E-state index is 12.7. The number of rotatable bonds is 5. The molecule has 0 radical (unpaired) electrons. The van der Waals surface area contributed by atoms with Crippen LogP contribution in [0.2, 0.25) is 0 Å². The number of carbonyl (C=O) groups excluding carboxylic acids is 2. The number of hydrogen-bond acceptors (Lipinski definition) is 4.